The Morgan fingerprint density at radius 3 is 1.44 bits per heavy atom. The van der Waals surface area contributed by atoms with Crippen molar-refractivity contribution in [3.05, 3.63) is 113 Å². The van der Waals surface area contributed by atoms with E-state index in [1.807, 2.05) is 60.7 Å². The first-order chi connectivity index (χ1) is 19.7. The second kappa shape index (κ2) is 13.1. The minimum Gasteiger partial charge on any atom is -0.483 e. The second-order valence-corrected chi connectivity index (χ2v) is 8.72. The number of hydrogen-bond donors (Lipinski definition) is 0. The van der Waals surface area contributed by atoms with Crippen LogP contribution in [0.4, 0.5) is 13.2 Å². The first-order valence-electron chi connectivity index (χ1n) is 12.9. The predicted molar refractivity (Wildman–Crippen MR) is 144 cm³/mol. The van der Waals surface area contributed by atoms with E-state index < -0.39 is 23.7 Å². The maximum atomic E-state index is 13.4. The molecule has 0 radical (unpaired) electrons. The molecule has 0 spiro atoms. The lowest BCUT2D eigenvalue weighted by molar-refractivity contribution is -0.137. The maximum Gasteiger partial charge on any atom is 0.416 e. The van der Waals surface area contributed by atoms with Crippen LogP contribution in [0, 0.1) is 0 Å². The van der Waals surface area contributed by atoms with Gasteiger partial charge >= 0.3 is 18.1 Å². The summed E-state index contributed by atoms with van der Waals surface area (Å²) in [5.41, 5.74) is 0.239. The highest BCUT2D eigenvalue weighted by Crippen LogP contribution is 2.42. The van der Waals surface area contributed by atoms with E-state index in [0.29, 0.717) is 0 Å². The molecule has 0 aliphatic heterocycles. The van der Waals surface area contributed by atoms with Crippen molar-refractivity contribution in [1.29, 1.82) is 0 Å². The van der Waals surface area contributed by atoms with Crippen LogP contribution in [0.2, 0.25) is 0 Å². The van der Waals surface area contributed by atoms with Gasteiger partial charge in [-0.3, -0.25) is 4.57 Å². The van der Waals surface area contributed by atoms with Crippen LogP contribution in [0.1, 0.15) is 51.5 Å². The highest BCUT2D eigenvalue weighted by atomic mass is 19.4. The molecule has 0 aliphatic carbocycles. The molecule has 0 bridgehead atoms. The number of carbonyl (C=O) groups is 2. The number of ether oxygens (including phenoxy) is 4. The van der Waals surface area contributed by atoms with Gasteiger partial charge in [0.2, 0.25) is 0 Å². The van der Waals surface area contributed by atoms with Gasteiger partial charge in [0.25, 0.3) is 0 Å². The Morgan fingerprint density at radius 1 is 0.659 bits per heavy atom. The highest BCUT2D eigenvalue weighted by molar-refractivity contribution is 6.01. The minimum atomic E-state index is -4.59. The number of rotatable bonds is 11. The van der Waals surface area contributed by atoms with Crippen LogP contribution in [-0.4, -0.2) is 29.7 Å². The van der Waals surface area contributed by atoms with Crippen molar-refractivity contribution in [3.63, 3.8) is 0 Å². The lowest BCUT2D eigenvalue weighted by Crippen LogP contribution is -2.18. The minimum absolute atomic E-state index is 0.00572. The van der Waals surface area contributed by atoms with Gasteiger partial charge in [0.1, 0.15) is 13.2 Å². The molecule has 1 aromatic heterocycles. The molecule has 0 amide bonds. The van der Waals surface area contributed by atoms with E-state index in [-0.39, 0.29) is 55.0 Å². The van der Waals surface area contributed by atoms with Crippen molar-refractivity contribution in [1.82, 2.24) is 4.57 Å². The molecule has 0 unspecified atom stereocenters. The van der Waals surface area contributed by atoms with E-state index in [1.165, 1.54) is 0 Å². The SMILES string of the molecule is CCOC(=O)c1c(OCc2ccccc2)c(OCc2ccccc2)c(C(=O)OCC)n1-c1ccc(C(F)(F)F)cc1. The van der Waals surface area contributed by atoms with Gasteiger partial charge in [-0.1, -0.05) is 60.7 Å². The third kappa shape index (κ3) is 6.89. The second-order valence-electron chi connectivity index (χ2n) is 8.72. The summed E-state index contributed by atoms with van der Waals surface area (Å²) < 4.78 is 64.0. The molecule has 41 heavy (non-hydrogen) atoms. The molecule has 0 atom stereocenters. The normalized spacial score (nSPS) is 11.1. The molecule has 0 fully saturated rings. The number of carbonyl (C=O) groups excluding carboxylic acids is 2. The predicted octanol–water partition coefficient (Wildman–Crippen LogP) is 7.01. The number of halogens is 3. The molecule has 1 heterocycles. The van der Waals surface area contributed by atoms with E-state index in [9.17, 15) is 22.8 Å². The monoisotopic (exact) mass is 567 g/mol. The Bertz CT molecular complexity index is 1380. The van der Waals surface area contributed by atoms with Crippen LogP contribution in [0.5, 0.6) is 11.5 Å². The number of hydrogen-bond acceptors (Lipinski definition) is 6. The first kappa shape index (κ1) is 29.3. The topological polar surface area (TPSA) is 76.0 Å². The highest BCUT2D eigenvalue weighted by Gasteiger charge is 2.37. The fourth-order valence-electron chi connectivity index (χ4n) is 4.08. The van der Waals surface area contributed by atoms with Gasteiger partial charge < -0.3 is 18.9 Å². The van der Waals surface area contributed by atoms with Gasteiger partial charge in [-0.25, -0.2) is 9.59 Å². The third-order valence-corrected chi connectivity index (χ3v) is 5.93. The Labute approximate surface area is 235 Å². The summed E-state index contributed by atoms with van der Waals surface area (Å²) in [5, 5.41) is 0. The van der Waals surface area contributed by atoms with Crippen molar-refractivity contribution < 1.29 is 41.7 Å². The van der Waals surface area contributed by atoms with Gasteiger partial charge in [0.15, 0.2) is 22.9 Å². The molecule has 4 aromatic rings. The summed E-state index contributed by atoms with van der Waals surface area (Å²) in [5.74, 6) is -1.94. The van der Waals surface area contributed by atoms with E-state index >= 15 is 0 Å². The third-order valence-electron chi connectivity index (χ3n) is 5.93. The van der Waals surface area contributed by atoms with Crippen molar-refractivity contribution in [2.45, 2.75) is 33.2 Å². The van der Waals surface area contributed by atoms with Crippen LogP contribution < -0.4 is 9.47 Å². The largest absolute Gasteiger partial charge is 0.483 e. The average Bonchev–Trinajstić information content (AvgIpc) is 3.30. The van der Waals surface area contributed by atoms with Crippen LogP contribution in [0.3, 0.4) is 0 Å². The van der Waals surface area contributed by atoms with Crippen LogP contribution in [-0.2, 0) is 28.9 Å². The standard InChI is InChI=1S/C31H28F3NO6/c1-3-38-29(36)25-27(40-19-21-11-7-5-8-12-21)28(41-20-22-13-9-6-10-14-22)26(30(37)39-4-2)35(25)24-17-15-23(16-18-24)31(32,33)34/h5-18H,3-4,19-20H2,1-2H3. The number of aromatic nitrogens is 1. The zero-order valence-corrected chi connectivity index (χ0v) is 22.4. The molecule has 214 valence electrons. The van der Waals surface area contributed by atoms with Crippen molar-refractivity contribution in [2.75, 3.05) is 13.2 Å². The molecule has 7 nitrogen and oxygen atoms in total. The number of nitrogens with zero attached hydrogens (tertiary/aromatic N) is 1. The fraction of sp³-hybridized carbons (Fsp3) is 0.226. The lowest BCUT2D eigenvalue weighted by Gasteiger charge is -2.14. The number of benzene rings is 3. The van der Waals surface area contributed by atoms with Crippen molar-refractivity contribution in [3.8, 4) is 17.2 Å². The van der Waals surface area contributed by atoms with E-state index in [2.05, 4.69) is 0 Å². The summed E-state index contributed by atoms with van der Waals surface area (Å²) in [7, 11) is 0. The van der Waals surface area contributed by atoms with Gasteiger partial charge in [-0.05, 0) is 49.2 Å². The zero-order valence-electron chi connectivity index (χ0n) is 22.4. The van der Waals surface area contributed by atoms with Gasteiger partial charge in [0.05, 0.1) is 18.8 Å². The van der Waals surface area contributed by atoms with Crippen LogP contribution >= 0.6 is 0 Å². The van der Waals surface area contributed by atoms with Crippen LogP contribution in [0.25, 0.3) is 5.69 Å². The van der Waals surface area contributed by atoms with Gasteiger partial charge in [-0.15, -0.1) is 0 Å². The Balaban J connectivity index is 1.95. The fourth-order valence-corrected chi connectivity index (χ4v) is 4.08. The maximum absolute atomic E-state index is 13.4. The summed E-state index contributed by atoms with van der Waals surface area (Å²) >= 11 is 0. The molecule has 4 rings (SSSR count). The van der Waals surface area contributed by atoms with E-state index in [0.717, 1.165) is 40.0 Å². The van der Waals surface area contributed by atoms with Crippen LogP contribution in [0.15, 0.2) is 84.9 Å². The van der Waals surface area contributed by atoms with E-state index in [4.69, 9.17) is 18.9 Å². The summed E-state index contributed by atoms with van der Waals surface area (Å²) in [6.45, 7) is 3.18. The molecule has 3 aromatic carbocycles. The average molecular weight is 568 g/mol. The summed E-state index contributed by atoms with van der Waals surface area (Å²) in [6.07, 6.45) is -4.59. The Kier molecular flexibility index (Phi) is 9.34. The Hall–Kier alpha value is -4.73. The molecule has 0 saturated carbocycles. The van der Waals surface area contributed by atoms with Crippen molar-refractivity contribution >= 4 is 11.9 Å². The lowest BCUT2D eigenvalue weighted by atomic mass is 10.2. The molecule has 0 N–H and O–H groups in total. The smallest absolute Gasteiger partial charge is 0.416 e. The molecule has 10 heteroatoms. The number of alkyl halides is 3. The Morgan fingerprint density at radius 2 is 1.07 bits per heavy atom. The quantitative estimate of drug-likeness (QED) is 0.182. The summed E-state index contributed by atoms with van der Waals surface area (Å²) in [6, 6.07) is 22.2. The summed E-state index contributed by atoms with van der Waals surface area (Å²) in [4.78, 5) is 26.8. The number of esters is 2. The molecule has 0 aliphatic rings. The van der Waals surface area contributed by atoms with Gasteiger partial charge in [0, 0.05) is 5.69 Å². The molecular weight excluding hydrogens is 539 g/mol. The van der Waals surface area contributed by atoms with E-state index in [1.54, 1.807) is 13.8 Å². The molecule has 0 saturated heterocycles. The first-order valence-corrected chi connectivity index (χ1v) is 12.9. The molecular formula is C31H28F3NO6. The van der Waals surface area contributed by atoms with Crippen molar-refractivity contribution in [2.24, 2.45) is 0 Å². The van der Waals surface area contributed by atoms with Gasteiger partial charge in [-0.2, -0.15) is 13.2 Å². The zero-order chi connectivity index (χ0) is 29.4.